The predicted octanol–water partition coefficient (Wildman–Crippen LogP) is 4.67. The average molecular weight is 227 g/mol. The lowest BCUT2D eigenvalue weighted by Crippen LogP contribution is -1.99. The van der Waals surface area contributed by atoms with Gasteiger partial charge in [-0.2, -0.15) is 0 Å². The maximum Gasteiger partial charge on any atom is 0.116 e. The van der Waals surface area contributed by atoms with E-state index in [1.807, 2.05) is 12.1 Å². The Labute approximate surface area is 103 Å². The van der Waals surface area contributed by atoms with Gasteiger partial charge in [-0.25, -0.2) is 5.11 Å². The summed E-state index contributed by atoms with van der Waals surface area (Å²) in [7, 11) is 0. The van der Waals surface area contributed by atoms with Crippen LogP contribution in [-0.2, 0) is 11.5 Å². The van der Waals surface area contributed by atoms with Crippen LogP contribution in [-0.4, -0.2) is 0 Å². The zero-order chi connectivity index (χ0) is 12.3. The molecule has 0 heterocycles. The van der Waals surface area contributed by atoms with Crippen LogP contribution >= 0.6 is 0 Å². The monoisotopic (exact) mass is 227 g/mol. The molecule has 0 bridgehead atoms. The number of rotatable bonds is 4. The molecule has 1 nitrogen and oxygen atoms in total. The third-order valence-corrected chi connectivity index (χ3v) is 3.27. The molecule has 0 amide bonds. The van der Waals surface area contributed by atoms with E-state index in [-0.39, 0.29) is 0 Å². The van der Waals surface area contributed by atoms with E-state index in [4.69, 9.17) is 0 Å². The van der Waals surface area contributed by atoms with E-state index in [1.165, 1.54) is 17.4 Å². The minimum absolute atomic E-state index is 0.645. The number of hydrogen-bond acceptors (Lipinski definition) is 0. The number of unbranched alkanes of at least 4 members (excludes halogenated alkanes) is 1. The molecule has 0 aliphatic heterocycles. The van der Waals surface area contributed by atoms with Gasteiger partial charge >= 0.3 is 0 Å². The van der Waals surface area contributed by atoms with Crippen molar-refractivity contribution in [3.05, 3.63) is 47.5 Å². The van der Waals surface area contributed by atoms with Crippen LogP contribution in [0.15, 0.2) is 36.4 Å². The van der Waals surface area contributed by atoms with Crippen LogP contribution in [0.4, 0.5) is 0 Å². The summed E-state index contributed by atoms with van der Waals surface area (Å²) >= 11 is 0. The fourth-order valence-electron chi connectivity index (χ4n) is 2.41. The molecular formula is C16H19O. The molecule has 0 aliphatic rings. The molecule has 0 aliphatic carbocycles. The second kappa shape index (κ2) is 5.33. The van der Waals surface area contributed by atoms with Gasteiger partial charge in [-0.1, -0.05) is 49.7 Å². The summed E-state index contributed by atoms with van der Waals surface area (Å²) in [5, 5.41) is 14.2. The van der Waals surface area contributed by atoms with Gasteiger partial charge in [0.1, 0.15) is 6.10 Å². The van der Waals surface area contributed by atoms with Crippen molar-refractivity contribution in [2.75, 3.05) is 0 Å². The van der Waals surface area contributed by atoms with E-state index < -0.39 is 6.10 Å². The highest BCUT2D eigenvalue weighted by Crippen LogP contribution is 2.29. The fraction of sp³-hybridized carbons (Fsp3) is 0.375. The molecule has 2 aromatic carbocycles. The molecule has 1 atom stereocenters. The average Bonchev–Trinajstić information content (AvgIpc) is 2.35. The highest BCUT2D eigenvalue weighted by molar-refractivity contribution is 5.87. The normalized spacial score (nSPS) is 12.9. The van der Waals surface area contributed by atoms with Crippen LogP contribution in [0.5, 0.6) is 0 Å². The summed E-state index contributed by atoms with van der Waals surface area (Å²) in [5.74, 6) is 0. The first-order chi connectivity index (χ1) is 8.24. The van der Waals surface area contributed by atoms with Gasteiger partial charge in [0, 0.05) is 0 Å². The van der Waals surface area contributed by atoms with Crippen molar-refractivity contribution in [3.63, 3.8) is 0 Å². The molecule has 89 valence electrons. The van der Waals surface area contributed by atoms with Gasteiger partial charge in [0.15, 0.2) is 0 Å². The summed E-state index contributed by atoms with van der Waals surface area (Å²) in [6.45, 7) is 3.93. The number of benzene rings is 2. The molecule has 0 spiro atoms. The Balaban J connectivity index is 2.56. The van der Waals surface area contributed by atoms with Crippen LogP contribution in [0, 0.1) is 0 Å². The van der Waals surface area contributed by atoms with Crippen LogP contribution in [0.3, 0.4) is 0 Å². The first-order valence-electron chi connectivity index (χ1n) is 6.40. The highest BCUT2D eigenvalue weighted by Gasteiger charge is 2.12. The summed E-state index contributed by atoms with van der Waals surface area (Å²) in [5.41, 5.74) is 2.23. The van der Waals surface area contributed by atoms with E-state index >= 15 is 0 Å². The Morgan fingerprint density at radius 2 is 1.88 bits per heavy atom. The predicted molar refractivity (Wildman–Crippen MR) is 71.7 cm³/mol. The molecule has 0 saturated heterocycles. The summed E-state index contributed by atoms with van der Waals surface area (Å²) in [6.07, 6.45) is 2.69. The number of fused-ring (bicyclic) bond motifs is 1. The van der Waals surface area contributed by atoms with Gasteiger partial charge in [-0.05, 0) is 41.7 Å². The van der Waals surface area contributed by atoms with E-state index in [1.54, 1.807) is 6.92 Å². The molecule has 0 N–H and O–H groups in total. The molecule has 0 saturated carbocycles. The largest absolute Gasteiger partial charge is 0.228 e. The van der Waals surface area contributed by atoms with Crippen molar-refractivity contribution < 1.29 is 5.11 Å². The van der Waals surface area contributed by atoms with E-state index in [9.17, 15) is 5.11 Å². The number of hydrogen-bond donors (Lipinski definition) is 0. The molecule has 1 radical (unpaired) electrons. The highest BCUT2D eigenvalue weighted by atomic mass is 16.3. The maximum atomic E-state index is 11.9. The smallest absolute Gasteiger partial charge is 0.116 e. The molecular weight excluding hydrogens is 208 g/mol. The summed E-state index contributed by atoms with van der Waals surface area (Å²) in [6, 6.07) is 12.4. The van der Waals surface area contributed by atoms with E-state index in [0.29, 0.717) is 0 Å². The minimum Gasteiger partial charge on any atom is -0.228 e. The van der Waals surface area contributed by atoms with Gasteiger partial charge in [0.05, 0.1) is 0 Å². The van der Waals surface area contributed by atoms with Crippen molar-refractivity contribution in [2.45, 2.75) is 39.2 Å². The zero-order valence-electron chi connectivity index (χ0n) is 10.6. The quantitative estimate of drug-likeness (QED) is 0.723. The van der Waals surface area contributed by atoms with Crippen molar-refractivity contribution in [1.82, 2.24) is 0 Å². The molecule has 2 aromatic rings. The molecule has 2 rings (SSSR count). The van der Waals surface area contributed by atoms with Crippen molar-refractivity contribution in [3.8, 4) is 0 Å². The van der Waals surface area contributed by atoms with Crippen molar-refractivity contribution >= 4 is 10.8 Å². The SMILES string of the molecule is CCCCc1ccc2ccccc2c1C(C)[O]. The van der Waals surface area contributed by atoms with Crippen LogP contribution < -0.4 is 0 Å². The van der Waals surface area contributed by atoms with E-state index in [2.05, 4.69) is 31.2 Å². The van der Waals surface area contributed by atoms with Crippen molar-refractivity contribution in [2.24, 2.45) is 0 Å². The first kappa shape index (κ1) is 12.1. The molecule has 0 aromatic heterocycles. The lowest BCUT2D eigenvalue weighted by molar-refractivity contribution is 0.107. The standard InChI is InChI=1S/C16H19O/c1-3-4-7-14-11-10-13-8-5-6-9-15(13)16(14)12(2)17/h5-6,8-12H,3-4,7H2,1-2H3. The fourth-order valence-corrected chi connectivity index (χ4v) is 2.41. The number of aryl methyl sites for hydroxylation is 1. The molecule has 0 fully saturated rings. The minimum atomic E-state index is -0.645. The topological polar surface area (TPSA) is 19.9 Å². The zero-order valence-corrected chi connectivity index (χ0v) is 10.6. The van der Waals surface area contributed by atoms with Crippen LogP contribution in [0.25, 0.3) is 10.8 Å². The van der Waals surface area contributed by atoms with Crippen LogP contribution in [0.1, 0.15) is 43.9 Å². The first-order valence-corrected chi connectivity index (χ1v) is 6.40. The lowest BCUT2D eigenvalue weighted by Gasteiger charge is -2.14. The van der Waals surface area contributed by atoms with Gasteiger partial charge in [0.25, 0.3) is 0 Å². The molecule has 1 heteroatoms. The Morgan fingerprint density at radius 3 is 2.59 bits per heavy atom. The van der Waals surface area contributed by atoms with Gasteiger partial charge in [0.2, 0.25) is 0 Å². The summed E-state index contributed by atoms with van der Waals surface area (Å²) < 4.78 is 0. The Kier molecular flexibility index (Phi) is 3.80. The molecule has 1 unspecified atom stereocenters. The third-order valence-electron chi connectivity index (χ3n) is 3.27. The second-order valence-corrected chi connectivity index (χ2v) is 4.61. The van der Waals surface area contributed by atoms with Crippen LogP contribution in [0.2, 0.25) is 0 Å². The van der Waals surface area contributed by atoms with Gasteiger partial charge < -0.3 is 0 Å². The Bertz CT molecular complexity index is 500. The van der Waals surface area contributed by atoms with Crippen molar-refractivity contribution in [1.29, 1.82) is 0 Å². The Morgan fingerprint density at radius 1 is 1.12 bits per heavy atom. The molecule has 17 heavy (non-hydrogen) atoms. The lowest BCUT2D eigenvalue weighted by atomic mass is 9.93. The second-order valence-electron chi connectivity index (χ2n) is 4.61. The third kappa shape index (κ3) is 2.50. The Hall–Kier alpha value is -1.34. The van der Waals surface area contributed by atoms with Gasteiger partial charge in [-0.15, -0.1) is 0 Å². The van der Waals surface area contributed by atoms with E-state index in [0.717, 1.165) is 23.8 Å². The maximum absolute atomic E-state index is 11.9. The summed E-state index contributed by atoms with van der Waals surface area (Å²) in [4.78, 5) is 0. The van der Waals surface area contributed by atoms with Gasteiger partial charge in [-0.3, -0.25) is 0 Å².